The van der Waals surface area contributed by atoms with Crippen LogP contribution >= 0.6 is 0 Å². The number of benzene rings is 1. The number of rotatable bonds is 3. The Morgan fingerprint density at radius 1 is 1.43 bits per heavy atom. The molecule has 0 aliphatic rings. The molecule has 0 spiro atoms. The first-order chi connectivity index (χ1) is 6.85. The molecule has 74 valence electrons. The van der Waals surface area contributed by atoms with Gasteiger partial charge in [-0.05, 0) is 31.7 Å². The van der Waals surface area contributed by atoms with Gasteiger partial charge in [-0.2, -0.15) is 0 Å². The van der Waals surface area contributed by atoms with E-state index in [0.717, 1.165) is 18.6 Å². The molecule has 0 aliphatic heterocycles. The van der Waals surface area contributed by atoms with Gasteiger partial charge in [0.05, 0.1) is 17.4 Å². The highest BCUT2D eigenvalue weighted by atomic mass is 15.0. The molecule has 1 aromatic heterocycles. The average molecular weight is 189 g/mol. The van der Waals surface area contributed by atoms with Crippen molar-refractivity contribution in [2.75, 3.05) is 7.05 Å². The first-order valence-corrected chi connectivity index (χ1v) is 4.93. The van der Waals surface area contributed by atoms with Crippen LogP contribution in [0.4, 0.5) is 0 Å². The van der Waals surface area contributed by atoms with Gasteiger partial charge in [0.25, 0.3) is 0 Å². The predicted molar refractivity (Wildman–Crippen MR) is 58.2 cm³/mol. The molecule has 0 amide bonds. The molecule has 2 rings (SSSR count). The minimum Gasteiger partial charge on any atom is -0.331 e. The van der Waals surface area contributed by atoms with Gasteiger partial charge in [0.15, 0.2) is 0 Å². The van der Waals surface area contributed by atoms with Crippen LogP contribution in [0.2, 0.25) is 0 Å². The standard InChI is InChI=1S/C11H15N3/c1-3-14-8-13-10-6-9(7-12-2)4-5-11(10)14/h4-6,8,12H,3,7H2,1-2H3. The predicted octanol–water partition coefficient (Wildman–Crippen LogP) is 1.78. The molecule has 0 radical (unpaired) electrons. The third-order valence-electron chi connectivity index (χ3n) is 2.41. The van der Waals surface area contributed by atoms with E-state index in [1.54, 1.807) is 0 Å². The zero-order valence-corrected chi connectivity index (χ0v) is 8.62. The van der Waals surface area contributed by atoms with Gasteiger partial charge < -0.3 is 9.88 Å². The van der Waals surface area contributed by atoms with E-state index < -0.39 is 0 Å². The summed E-state index contributed by atoms with van der Waals surface area (Å²) in [5.41, 5.74) is 3.58. The fourth-order valence-electron chi connectivity index (χ4n) is 1.68. The number of imidazole rings is 1. The van der Waals surface area contributed by atoms with E-state index in [4.69, 9.17) is 0 Å². The fraction of sp³-hybridized carbons (Fsp3) is 0.364. The van der Waals surface area contributed by atoms with E-state index in [-0.39, 0.29) is 0 Å². The first kappa shape index (κ1) is 9.21. The Bertz CT molecular complexity index is 431. The molecule has 0 aliphatic carbocycles. The summed E-state index contributed by atoms with van der Waals surface area (Å²) in [4.78, 5) is 4.37. The van der Waals surface area contributed by atoms with Crippen LogP contribution in [0.3, 0.4) is 0 Å². The van der Waals surface area contributed by atoms with Gasteiger partial charge in [-0.3, -0.25) is 0 Å². The Morgan fingerprint density at radius 2 is 2.29 bits per heavy atom. The summed E-state index contributed by atoms with van der Waals surface area (Å²) < 4.78 is 2.15. The minimum absolute atomic E-state index is 0.898. The maximum Gasteiger partial charge on any atom is 0.0958 e. The number of aromatic nitrogens is 2. The van der Waals surface area contributed by atoms with Crippen LogP contribution in [0.1, 0.15) is 12.5 Å². The zero-order valence-electron chi connectivity index (χ0n) is 8.62. The number of nitrogens with one attached hydrogen (secondary N) is 1. The lowest BCUT2D eigenvalue weighted by molar-refractivity contribution is 0.786. The van der Waals surface area contributed by atoms with Crippen molar-refractivity contribution in [1.82, 2.24) is 14.9 Å². The summed E-state index contributed by atoms with van der Waals surface area (Å²) in [7, 11) is 1.95. The van der Waals surface area contributed by atoms with Gasteiger partial charge in [0.2, 0.25) is 0 Å². The lowest BCUT2D eigenvalue weighted by atomic mass is 10.2. The Balaban J connectivity index is 2.46. The second-order valence-corrected chi connectivity index (χ2v) is 3.38. The van der Waals surface area contributed by atoms with E-state index >= 15 is 0 Å². The van der Waals surface area contributed by atoms with Crippen LogP contribution in [0.15, 0.2) is 24.5 Å². The monoisotopic (exact) mass is 189 g/mol. The number of aryl methyl sites for hydroxylation is 1. The van der Waals surface area contributed by atoms with Gasteiger partial charge >= 0.3 is 0 Å². The molecule has 0 fully saturated rings. The summed E-state index contributed by atoms with van der Waals surface area (Å²) in [5, 5.41) is 3.13. The van der Waals surface area contributed by atoms with Crippen LogP contribution in [0.5, 0.6) is 0 Å². The second kappa shape index (κ2) is 3.80. The Morgan fingerprint density at radius 3 is 3.00 bits per heavy atom. The van der Waals surface area contributed by atoms with Gasteiger partial charge in [0.1, 0.15) is 0 Å². The van der Waals surface area contributed by atoms with Gasteiger partial charge in [0, 0.05) is 13.1 Å². The first-order valence-electron chi connectivity index (χ1n) is 4.93. The topological polar surface area (TPSA) is 29.9 Å². The summed E-state index contributed by atoms with van der Waals surface area (Å²) in [6, 6.07) is 6.42. The molecular formula is C11H15N3. The second-order valence-electron chi connectivity index (χ2n) is 3.38. The van der Waals surface area contributed by atoms with Crippen molar-refractivity contribution in [3.05, 3.63) is 30.1 Å². The van der Waals surface area contributed by atoms with Crippen molar-refractivity contribution in [2.45, 2.75) is 20.0 Å². The number of nitrogens with zero attached hydrogens (tertiary/aromatic N) is 2. The third-order valence-corrected chi connectivity index (χ3v) is 2.41. The zero-order chi connectivity index (χ0) is 9.97. The van der Waals surface area contributed by atoms with E-state index in [1.807, 2.05) is 13.4 Å². The number of hydrogen-bond acceptors (Lipinski definition) is 2. The molecular weight excluding hydrogens is 174 g/mol. The average Bonchev–Trinajstić information content (AvgIpc) is 2.60. The smallest absolute Gasteiger partial charge is 0.0958 e. The lowest BCUT2D eigenvalue weighted by Gasteiger charge is -2.01. The van der Waals surface area contributed by atoms with Crippen molar-refractivity contribution in [1.29, 1.82) is 0 Å². The van der Waals surface area contributed by atoms with E-state index in [9.17, 15) is 0 Å². The SMILES string of the molecule is CCn1cnc2cc(CNC)ccc21. The molecule has 0 unspecified atom stereocenters. The normalized spacial score (nSPS) is 11.0. The molecule has 0 bridgehead atoms. The van der Waals surface area contributed by atoms with E-state index in [2.05, 4.69) is 40.0 Å². The van der Waals surface area contributed by atoms with Crippen LogP contribution in [0.25, 0.3) is 11.0 Å². The Kier molecular flexibility index (Phi) is 2.50. The summed E-state index contributed by atoms with van der Waals surface area (Å²) in [5.74, 6) is 0. The number of hydrogen-bond donors (Lipinski definition) is 1. The maximum atomic E-state index is 4.37. The van der Waals surface area contributed by atoms with Crippen molar-refractivity contribution in [2.24, 2.45) is 0 Å². The molecule has 0 saturated carbocycles. The highest BCUT2D eigenvalue weighted by molar-refractivity contribution is 5.76. The molecule has 1 N–H and O–H groups in total. The molecule has 1 aromatic carbocycles. The molecule has 3 heteroatoms. The van der Waals surface area contributed by atoms with Crippen LogP contribution in [-0.4, -0.2) is 16.6 Å². The summed E-state index contributed by atoms with van der Waals surface area (Å²) in [6.45, 7) is 4.00. The van der Waals surface area contributed by atoms with Crippen molar-refractivity contribution in [3.63, 3.8) is 0 Å². The minimum atomic E-state index is 0.898. The van der Waals surface area contributed by atoms with Crippen molar-refractivity contribution < 1.29 is 0 Å². The molecule has 0 saturated heterocycles. The van der Waals surface area contributed by atoms with E-state index in [0.29, 0.717) is 0 Å². The van der Waals surface area contributed by atoms with Crippen LogP contribution < -0.4 is 5.32 Å². The molecule has 3 nitrogen and oxygen atoms in total. The van der Waals surface area contributed by atoms with Crippen molar-refractivity contribution >= 4 is 11.0 Å². The fourth-order valence-corrected chi connectivity index (χ4v) is 1.68. The summed E-state index contributed by atoms with van der Waals surface area (Å²) >= 11 is 0. The van der Waals surface area contributed by atoms with Gasteiger partial charge in [-0.1, -0.05) is 6.07 Å². The van der Waals surface area contributed by atoms with Crippen molar-refractivity contribution in [3.8, 4) is 0 Å². The molecule has 2 aromatic rings. The third kappa shape index (κ3) is 1.51. The lowest BCUT2D eigenvalue weighted by Crippen LogP contribution is -2.04. The highest BCUT2D eigenvalue weighted by Gasteiger charge is 2.01. The number of fused-ring (bicyclic) bond motifs is 1. The molecule has 0 atom stereocenters. The quantitative estimate of drug-likeness (QED) is 0.797. The van der Waals surface area contributed by atoms with Crippen LogP contribution in [0, 0.1) is 0 Å². The van der Waals surface area contributed by atoms with Crippen LogP contribution in [-0.2, 0) is 13.1 Å². The Hall–Kier alpha value is -1.35. The summed E-state index contributed by atoms with van der Waals surface area (Å²) in [6.07, 6.45) is 1.90. The van der Waals surface area contributed by atoms with E-state index in [1.165, 1.54) is 11.1 Å². The molecule has 14 heavy (non-hydrogen) atoms. The maximum absolute atomic E-state index is 4.37. The van der Waals surface area contributed by atoms with Gasteiger partial charge in [-0.25, -0.2) is 4.98 Å². The Labute approximate surface area is 83.8 Å². The molecule has 1 heterocycles. The van der Waals surface area contributed by atoms with Gasteiger partial charge in [-0.15, -0.1) is 0 Å². The largest absolute Gasteiger partial charge is 0.331 e. The highest BCUT2D eigenvalue weighted by Crippen LogP contribution is 2.14.